The highest BCUT2D eigenvalue weighted by Gasteiger charge is 2.36. The Kier molecular flexibility index (Phi) is 7.54. The minimum atomic E-state index is -0.906. The molecule has 0 aliphatic carbocycles. The van der Waals surface area contributed by atoms with E-state index in [4.69, 9.17) is 14.6 Å². The van der Waals surface area contributed by atoms with Gasteiger partial charge in [-0.25, -0.2) is 0 Å². The first kappa shape index (κ1) is 16.9. The number of hydrogen-bond acceptors (Lipinski definition) is 4. The molecule has 1 aliphatic rings. The third-order valence-corrected chi connectivity index (χ3v) is 3.47. The van der Waals surface area contributed by atoms with Crippen molar-refractivity contribution < 1.29 is 24.2 Å². The fourth-order valence-corrected chi connectivity index (χ4v) is 2.35. The van der Waals surface area contributed by atoms with E-state index in [9.17, 15) is 9.59 Å². The number of rotatable bonds is 9. The van der Waals surface area contributed by atoms with Crippen LogP contribution in [0, 0.1) is 0 Å². The SMILES string of the molecule is CCCCCOCC(=O)NC1(CC(=O)O)CCOCC1. The lowest BCUT2D eigenvalue weighted by molar-refractivity contribution is -0.141. The molecule has 20 heavy (non-hydrogen) atoms. The second-order valence-electron chi connectivity index (χ2n) is 5.27. The molecule has 0 spiro atoms. The van der Waals surface area contributed by atoms with Crippen LogP contribution in [0.5, 0.6) is 0 Å². The molecule has 0 aromatic heterocycles. The van der Waals surface area contributed by atoms with E-state index in [1.165, 1.54) is 0 Å². The number of amides is 1. The van der Waals surface area contributed by atoms with Crippen molar-refractivity contribution in [3.63, 3.8) is 0 Å². The molecule has 0 unspecified atom stereocenters. The van der Waals surface area contributed by atoms with E-state index in [1.54, 1.807) is 0 Å². The molecule has 0 aromatic carbocycles. The number of ether oxygens (including phenoxy) is 2. The van der Waals surface area contributed by atoms with E-state index >= 15 is 0 Å². The number of carbonyl (C=O) groups is 2. The molecule has 1 rings (SSSR count). The Morgan fingerprint density at radius 2 is 2.00 bits per heavy atom. The quantitative estimate of drug-likeness (QED) is 0.625. The molecule has 116 valence electrons. The van der Waals surface area contributed by atoms with E-state index in [0.29, 0.717) is 32.7 Å². The van der Waals surface area contributed by atoms with Crippen molar-refractivity contribution in [1.29, 1.82) is 0 Å². The van der Waals surface area contributed by atoms with Gasteiger partial charge in [-0.1, -0.05) is 19.8 Å². The molecule has 1 heterocycles. The van der Waals surface area contributed by atoms with E-state index in [-0.39, 0.29) is 18.9 Å². The largest absolute Gasteiger partial charge is 0.481 e. The number of carboxylic acids is 1. The van der Waals surface area contributed by atoms with Crippen LogP contribution >= 0.6 is 0 Å². The van der Waals surface area contributed by atoms with Crippen molar-refractivity contribution in [1.82, 2.24) is 5.32 Å². The zero-order valence-electron chi connectivity index (χ0n) is 12.2. The van der Waals surface area contributed by atoms with Crippen LogP contribution < -0.4 is 5.32 Å². The van der Waals surface area contributed by atoms with Crippen LogP contribution in [0.4, 0.5) is 0 Å². The smallest absolute Gasteiger partial charge is 0.305 e. The van der Waals surface area contributed by atoms with Gasteiger partial charge in [0, 0.05) is 19.8 Å². The molecular formula is C14H25NO5. The predicted molar refractivity (Wildman–Crippen MR) is 73.5 cm³/mol. The molecule has 1 amide bonds. The Bertz CT molecular complexity index is 313. The highest BCUT2D eigenvalue weighted by Crippen LogP contribution is 2.24. The number of hydrogen-bond donors (Lipinski definition) is 2. The van der Waals surface area contributed by atoms with E-state index in [1.807, 2.05) is 0 Å². The number of carbonyl (C=O) groups excluding carboxylic acids is 1. The number of aliphatic carboxylic acids is 1. The maximum absolute atomic E-state index is 11.9. The molecule has 1 fully saturated rings. The van der Waals surface area contributed by atoms with Crippen LogP contribution in [-0.2, 0) is 19.1 Å². The van der Waals surface area contributed by atoms with Gasteiger partial charge in [0.15, 0.2) is 0 Å². The Hall–Kier alpha value is -1.14. The van der Waals surface area contributed by atoms with Gasteiger partial charge in [-0.15, -0.1) is 0 Å². The second kappa shape index (κ2) is 8.92. The Morgan fingerprint density at radius 1 is 1.30 bits per heavy atom. The van der Waals surface area contributed by atoms with Gasteiger partial charge in [0.1, 0.15) is 6.61 Å². The van der Waals surface area contributed by atoms with Crippen LogP contribution in [0.2, 0.25) is 0 Å². The fraction of sp³-hybridized carbons (Fsp3) is 0.857. The average Bonchev–Trinajstić information content (AvgIpc) is 2.38. The molecular weight excluding hydrogens is 262 g/mol. The van der Waals surface area contributed by atoms with Gasteiger partial charge in [-0.3, -0.25) is 9.59 Å². The van der Waals surface area contributed by atoms with Crippen molar-refractivity contribution in [2.45, 2.75) is 51.0 Å². The minimum absolute atomic E-state index is 0.00800. The third kappa shape index (κ3) is 6.34. The van der Waals surface area contributed by atoms with Gasteiger partial charge < -0.3 is 19.9 Å². The second-order valence-corrected chi connectivity index (χ2v) is 5.27. The monoisotopic (exact) mass is 287 g/mol. The third-order valence-electron chi connectivity index (χ3n) is 3.47. The lowest BCUT2D eigenvalue weighted by atomic mass is 9.86. The summed E-state index contributed by atoms with van der Waals surface area (Å²) in [4.78, 5) is 22.8. The van der Waals surface area contributed by atoms with Crippen molar-refractivity contribution in [2.75, 3.05) is 26.4 Å². The molecule has 0 aromatic rings. The summed E-state index contributed by atoms with van der Waals surface area (Å²) >= 11 is 0. The van der Waals surface area contributed by atoms with Crippen molar-refractivity contribution >= 4 is 11.9 Å². The van der Waals surface area contributed by atoms with Crippen molar-refractivity contribution in [3.8, 4) is 0 Å². The zero-order valence-corrected chi connectivity index (χ0v) is 12.2. The highest BCUT2D eigenvalue weighted by molar-refractivity contribution is 5.79. The summed E-state index contributed by atoms with van der Waals surface area (Å²) in [5, 5.41) is 11.8. The maximum atomic E-state index is 11.9. The van der Waals surface area contributed by atoms with Crippen LogP contribution in [0.15, 0.2) is 0 Å². The van der Waals surface area contributed by atoms with E-state index < -0.39 is 11.5 Å². The summed E-state index contributed by atoms with van der Waals surface area (Å²) in [6.45, 7) is 3.62. The standard InChI is InChI=1S/C14H25NO5/c1-2-3-4-7-20-11-12(16)15-14(10-13(17)18)5-8-19-9-6-14/h2-11H2,1H3,(H,15,16)(H,17,18). The van der Waals surface area contributed by atoms with Gasteiger partial charge in [-0.05, 0) is 19.3 Å². The molecule has 0 radical (unpaired) electrons. The van der Waals surface area contributed by atoms with Crippen LogP contribution in [0.25, 0.3) is 0 Å². The number of nitrogens with one attached hydrogen (secondary N) is 1. The van der Waals surface area contributed by atoms with E-state index in [0.717, 1.165) is 19.3 Å². The number of carboxylic acid groups (broad SMARTS) is 1. The topological polar surface area (TPSA) is 84.9 Å². The summed E-state index contributed by atoms with van der Waals surface area (Å²) in [6, 6.07) is 0. The maximum Gasteiger partial charge on any atom is 0.305 e. The normalized spacial score (nSPS) is 17.6. The molecule has 0 bridgehead atoms. The summed E-state index contributed by atoms with van der Waals surface area (Å²) < 4.78 is 10.5. The van der Waals surface area contributed by atoms with Crippen LogP contribution in [0.3, 0.4) is 0 Å². The molecule has 0 atom stereocenters. The van der Waals surface area contributed by atoms with Crippen molar-refractivity contribution in [2.24, 2.45) is 0 Å². The molecule has 2 N–H and O–H groups in total. The Morgan fingerprint density at radius 3 is 2.60 bits per heavy atom. The first-order chi connectivity index (χ1) is 9.58. The highest BCUT2D eigenvalue weighted by atomic mass is 16.5. The molecule has 6 nitrogen and oxygen atoms in total. The van der Waals surface area contributed by atoms with Gasteiger partial charge in [0.05, 0.1) is 12.0 Å². The van der Waals surface area contributed by atoms with Crippen LogP contribution in [-0.4, -0.2) is 48.9 Å². The van der Waals surface area contributed by atoms with Crippen LogP contribution in [0.1, 0.15) is 45.4 Å². The van der Waals surface area contributed by atoms with Gasteiger partial charge in [0.25, 0.3) is 0 Å². The lowest BCUT2D eigenvalue weighted by Crippen LogP contribution is -2.54. The first-order valence-electron chi connectivity index (χ1n) is 7.26. The van der Waals surface area contributed by atoms with Gasteiger partial charge >= 0.3 is 5.97 Å². The van der Waals surface area contributed by atoms with Crippen molar-refractivity contribution in [3.05, 3.63) is 0 Å². The summed E-state index contributed by atoms with van der Waals surface area (Å²) in [5.41, 5.74) is -0.687. The lowest BCUT2D eigenvalue weighted by Gasteiger charge is -2.36. The average molecular weight is 287 g/mol. The fourth-order valence-electron chi connectivity index (χ4n) is 2.35. The predicted octanol–water partition coefficient (Wildman–Crippen LogP) is 1.33. The molecule has 6 heteroatoms. The summed E-state index contributed by atoms with van der Waals surface area (Å²) in [6.07, 6.45) is 4.12. The molecule has 0 saturated carbocycles. The molecule has 1 saturated heterocycles. The van der Waals surface area contributed by atoms with Gasteiger partial charge in [-0.2, -0.15) is 0 Å². The Labute approximate surface area is 119 Å². The van der Waals surface area contributed by atoms with E-state index in [2.05, 4.69) is 12.2 Å². The summed E-state index contributed by atoms with van der Waals surface area (Å²) in [7, 11) is 0. The summed E-state index contributed by atoms with van der Waals surface area (Å²) in [5.74, 6) is -1.15. The number of unbranched alkanes of at least 4 members (excludes halogenated alkanes) is 2. The first-order valence-corrected chi connectivity index (χ1v) is 7.26. The minimum Gasteiger partial charge on any atom is -0.481 e. The van der Waals surface area contributed by atoms with Gasteiger partial charge in [0.2, 0.25) is 5.91 Å². The zero-order chi connectivity index (χ0) is 14.8. The Balaban J connectivity index is 2.36. The molecule has 1 aliphatic heterocycles.